The van der Waals surface area contributed by atoms with Gasteiger partial charge in [0.2, 0.25) is 0 Å². The third kappa shape index (κ3) is 2.14. The lowest BCUT2D eigenvalue weighted by Crippen LogP contribution is -2.36. The Labute approximate surface area is 100.0 Å². The summed E-state index contributed by atoms with van der Waals surface area (Å²) < 4.78 is 4.80. The van der Waals surface area contributed by atoms with Crippen LogP contribution in [-0.2, 0) is 9.53 Å². The van der Waals surface area contributed by atoms with Gasteiger partial charge in [-0.05, 0) is 37.1 Å². The molecule has 0 saturated carbocycles. The fraction of sp³-hybridized carbons (Fsp3) is 0.417. The first-order valence-corrected chi connectivity index (χ1v) is 5.70. The molecule has 1 saturated heterocycles. The highest BCUT2D eigenvalue weighted by atomic mass is 35.5. The summed E-state index contributed by atoms with van der Waals surface area (Å²) in [6.45, 7) is 0.890. The van der Waals surface area contributed by atoms with E-state index in [1.807, 2.05) is 24.3 Å². The fourth-order valence-electron chi connectivity index (χ4n) is 2.09. The SMILES string of the molecule is COC(=O)[C@H]1CCCN1c1ccc(Cl)cc1. The Balaban J connectivity index is 2.19. The van der Waals surface area contributed by atoms with Crippen LogP contribution in [0.3, 0.4) is 0 Å². The van der Waals surface area contributed by atoms with E-state index in [1.54, 1.807) is 0 Å². The van der Waals surface area contributed by atoms with Crippen LogP contribution in [0, 0.1) is 0 Å². The van der Waals surface area contributed by atoms with Crippen molar-refractivity contribution in [1.29, 1.82) is 0 Å². The van der Waals surface area contributed by atoms with Gasteiger partial charge in [-0.2, -0.15) is 0 Å². The van der Waals surface area contributed by atoms with Crippen molar-refractivity contribution in [1.82, 2.24) is 0 Å². The first-order valence-electron chi connectivity index (χ1n) is 5.32. The molecule has 1 fully saturated rings. The standard InChI is InChI=1S/C12H14ClNO2/c1-16-12(15)11-3-2-8-14(11)10-6-4-9(13)5-7-10/h4-7,11H,2-3,8H2,1H3/t11-/m1/s1. The molecular weight excluding hydrogens is 226 g/mol. The van der Waals surface area contributed by atoms with Crippen molar-refractivity contribution in [3.8, 4) is 0 Å². The zero-order chi connectivity index (χ0) is 11.5. The highest BCUT2D eigenvalue weighted by Gasteiger charge is 2.31. The third-order valence-corrected chi connectivity index (χ3v) is 3.14. The average molecular weight is 240 g/mol. The number of anilines is 1. The second-order valence-electron chi connectivity index (χ2n) is 3.85. The molecule has 86 valence electrons. The van der Waals surface area contributed by atoms with Crippen LogP contribution in [0.1, 0.15) is 12.8 Å². The van der Waals surface area contributed by atoms with Gasteiger partial charge in [0.15, 0.2) is 0 Å². The van der Waals surface area contributed by atoms with E-state index < -0.39 is 0 Å². The van der Waals surface area contributed by atoms with Crippen LogP contribution in [0.4, 0.5) is 5.69 Å². The van der Waals surface area contributed by atoms with Crippen LogP contribution in [0.5, 0.6) is 0 Å². The van der Waals surface area contributed by atoms with Gasteiger partial charge in [-0.15, -0.1) is 0 Å². The topological polar surface area (TPSA) is 29.5 Å². The molecule has 16 heavy (non-hydrogen) atoms. The van der Waals surface area contributed by atoms with Crippen molar-refractivity contribution in [2.24, 2.45) is 0 Å². The van der Waals surface area contributed by atoms with Gasteiger partial charge in [0.1, 0.15) is 6.04 Å². The Morgan fingerprint density at radius 1 is 1.44 bits per heavy atom. The van der Waals surface area contributed by atoms with Gasteiger partial charge in [-0.3, -0.25) is 0 Å². The molecule has 2 rings (SSSR count). The molecule has 3 nitrogen and oxygen atoms in total. The van der Waals surface area contributed by atoms with E-state index in [4.69, 9.17) is 16.3 Å². The molecule has 1 heterocycles. The molecule has 0 unspecified atom stereocenters. The number of halogens is 1. The summed E-state index contributed by atoms with van der Waals surface area (Å²) in [5, 5.41) is 0.706. The Morgan fingerprint density at radius 3 is 2.75 bits per heavy atom. The lowest BCUT2D eigenvalue weighted by molar-refractivity contribution is -0.141. The minimum absolute atomic E-state index is 0.147. The van der Waals surface area contributed by atoms with Gasteiger partial charge in [0.25, 0.3) is 0 Å². The number of hydrogen-bond donors (Lipinski definition) is 0. The number of rotatable bonds is 2. The quantitative estimate of drug-likeness (QED) is 0.743. The van der Waals surface area contributed by atoms with Crippen molar-refractivity contribution < 1.29 is 9.53 Å². The normalized spacial score (nSPS) is 19.9. The van der Waals surface area contributed by atoms with Crippen molar-refractivity contribution in [2.75, 3.05) is 18.6 Å². The van der Waals surface area contributed by atoms with Crippen LogP contribution in [-0.4, -0.2) is 25.7 Å². The van der Waals surface area contributed by atoms with Crippen molar-refractivity contribution in [2.45, 2.75) is 18.9 Å². The van der Waals surface area contributed by atoms with Crippen molar-refractivity contribution >= 4 is 23.3 Å². The molecule has 1 atom stereocenters. The summed E-state index contributed by atoms with van der Waals surface area (Å²) in [6.07, 6.45) is 1.87. The molecule has 0 bridgehead atoms. The monoisotopic (exact) mass is 239 g/mol. The maximum atomic E-state index is 11.6. The van der Waals surface area contributed by atoms with Crippen LogP contribution in [0.15, 0.2) is 24.3 Å². The summed E-state index contributed by atoms with van der Waals surface area (Å²) >= 11 is 5.83. The Bertz CT molecular complexity index is 377. The van der Waals surface area contributed by atoms with Crippen molar-refractivity contribution in [3.63, 3.8) is 0 Å². The second-order valence-corrected chi connectivity index (χ2v) is 4.29. The molecule has 1 aromatic rings. The van der Waals surface area contributed by atoms with Crippen LogP contribution < -0.4 is 4.90 Å². The number of carbonyl (C=O) groups excluding carboxylic acids is 1. The number of hydrogen-bond acceptors (Lipinski definition) is 3. The molecule has 0 N–H and O–H groups in total. The Morgan fingerprint density at radius 2 is 2.12 bits per heavy atom. The number of esters is 1. The van der Waals surface area contributed by atoms with Crippen LogP contribution in [0.25, 0.3) is 0 Å². The van der Waals surface area contributed by atoms with Gasteiger partial charge in [-0.25, -0.2) is 4.79 Å². The highest BCUT2D eigenvalue weighted by molar-refractivity contribution is 6.30. The Kier molecular flexibility index (Phi) is 3.34. The fourth-order valence-corrected chi connectivity index (χ4v) is 2.22. The molecule has 0 spiro atoms. The molecule has 0 aromatic heterocycles. The summed E-state index contributed by atoms with van der Waals surface area (Å²) in [5.41, 5.74) is 1.03. The molecule has 1 aromatic carbocycles. The van der Waals surface area contributed by atoms with Gasteiger partial charge in [0.05, 0.1) is 7.11 Å². The molecule has 4 heteroatoms. The number of ether oxygens (including phenoxy) is 1. The maximum absolute atomic E-state index is 11.6. The van der Waals surface area contributed by atoms with E-state index in [0.717, 1.165) is 25.1 Å². The largest absolute Gasteiger partial charge is 0.467 e. The predicted octanol–water partition coefficient (Wildman–Crippen LogP) is 2.48. The number of benzene rings is 1. The summed E-state index contributed by atoms with van der Waals surface area (Å²) in [7, 11) is 1.43. The van der Waals surface area contributed by atoms with Crippen LogP contribution >= 0.6 is 11.6 Å². The first kappa shape index (κ1) is 11.3. The maximum Gasteiger partial charge on any atom is 0.328 e. The van der Waals surface area contributed by atoms with E-state index in [-0.39, 0.29) is 12.0 Å². The minimum Gasteiger partial charge on any atom is -0.467 e. The van der Waals surface area contributed by atoms with E-state index in [2.05, 4.69) is 4.90 Å². The van der Waals surface area contributed by atoms with Gasteiger partial charge >= 0.3 is 5.97 Å². The zero-order valence-electron chi connectivity index (χ0n) is 9.15. The highest BCUT2D eigenvalue weighted by Crippen LogP contribution is 2.27. The molecular formula is C12H14ClNO2. The first-order chi connectivity index (χ1) is 7.72. The van der Waals surface area contributed by atoms with E-state index >= 15 is 0 Å². The third-order valence-electron chi connectivity index (χ3n) is 2.88. The molecule has 0 aliphatic carbocycles. The molecule has 0 amide bonds. The lowest BCUT2D eigenvalue weighted by atomic mass is 10.2. The predicted molar refractivity (Wildman–Crippen MR) is 63.8 cm³/mol. The summed E-state index contributed by atoms with van der Waals surface area (Å²) in [4.78, 5) is 13.6. The molecule has 0 radical (unpaired) electrons. The number of carbonyl (C=O) groups is 1. The van der Waals surface area contributed by atoms with Crippen LogP contribution in [0.2, 0.25) is 5.02 Å². The molecule has 1 aliphatic rings. The minimum atomic E-state index is -0.160. The smallest absolute Gasteiger partial charge is 0.328 e. The average Bonchev–Trinajstić information content (AvgIpc) is 2.78. The van der Waals surface area contributed by atoms with E-state index in [9.17, 15) is 4.79 Å². The van der Waals surface area contributed by atoms with E-state index in [1.165, 1.54) is 7.11 Å². The van der Waals surface area contributed by atoms with Gasteiger partial charge in [0, 0.05) is 17.3 Å². The van der Waals surface area contributed by atoms with Crippen molar-refractivity contribution in [3.05, 3.63) is 29.3 Å². The lowest BCUT2D eigenvalue weighted by Gasteiger charge is -2.24. The number of methoxy groups -OCH3 is 1. The summed E-state index contributed by atoms with van der Waals surface area (Å²) in [5.74, 6) is -0.160. The Hall–Kier alpha value is -1.22. The second kappa shape index (κ2) is 4.74. The van der Waals surface area contributed by atoms with E-state index in [0.29, 0.717) is 5.02 Å². The zero-order valence-corrected chi connectivity index (χ0v) is 9.91. The summed E-state index contributed by atoms with van der Waals surface area (Å²) in [6, 6.07) is 7.39. The van der Waals surface area contributed by atoms with Gasteiger partial charge in [-0.1, -0.05) is 11.6 Å². The number of nitrogens with zero attached hydrogens (tertiary/aromatic N) is 1. The molecule has 1 aliphatic heterocycles. The van der Waals surface area contributed by atoms with Gasteiger partial charge < -0.3 is 9.64 Å².